The number of sulfonamides is 1. The molecule has 0 saturated carbocycles. The molecular weight excluding hydrogens is 442 g/mol. The van der Waals surface area contributed by atoms with Crippen molar-refractivity contribution in [1.82, 2.24) is 9.62 Å². The number of nitrogens with zero attached hydrogens (tertiary/aromatic N) is 1. The molecule has 2 amide bonds. The molecule has 1 fully saturated rings. The minimum Gasteiger partial charge on any atom is -0.492 e. The minimum absolute atomic E-state index is 0.0400. The lowest BCUT2D eigenvalue weighted by molar-refractivity contribution is 0.0918. The Morgan fingerprint density at radius 3 is 2.09 bits per heavy atom. The van der Waals surface area contributed by atoms with E-state index < -0.39 is 15.9 Å². The van der Waals surface area contributed by atoms with Crippen LogP contribution in [0.1, 0.15) is 61.3 Å². The second-order valence-electron chi connectivity index (χ2n) is 8.94. The Morgan fingerprint density at radius 1 is 0.970 bits per heavy atom. The fraction of sp³-hybridized carbons (Fsp3) is 0.417. The summed E-state index contributed by atoms with van der Waals surface area (Å²) in [5.74, 6) is -0.374. The van der Waals surface area contributed by atoms with Crippen LogP contribution in [0.4, 0.5) is 5.69 Å². The average molecular weight is 474 g/mol. The lowest BCUT2D eigenvalue weighted by Crippen LogP contribution is -2.40. The number of nitrogens with one attached hydrogen (secondary N) is 2. The highest BCUT2D eigenvalue weighted by atomic mass is 32.2. The van der Waals surface area contributed by atoms with Gasteiger partial charge >= 0.3 is 0 Å². The molecule has 2 aromatic rings. The van der Waals surface area contributed by atoms with Crippen molar-refractivity contribution in [1.29, 1.82) is 0 Å². The fourth-order valence-electron chi connectivity index (χ4n) is 3.52. The number of ether oxygens (including phenoxy) is 1. The van der Waals surface area contributed by atoms with Crippen LogP contribution in [0.25, 0.3) is 0 Å². The summed E-state index contributed by atoms with van der Waals surface area (Å²) in [5.41, 5.74) is 0.769. The van der Waals surface area contributed by atoms with Crippen molar-refractivity contribution in [3.8, 4) is 5.75 Å². The molecule has 2 N–H and O–H groups in total. The van der Waals surface area contributed by atoms with Crippen LogP contribution in [-0.4, -0.2) is 49.8 Å². The third-order valence-corrected chi connectivity index (χ3v) is 7.00. The third-order valence-electron chi connectivity index (χ3n) is 5.08. The molecule has 2 aromatic carbocycles. The van der Waals surface area contributed by atoms with Gasteiger partial charge in [0.25, 0.3) is 11.8 Å². The number of rotatable bonds is 7. The van der Waals surface area contributed by atoms with Crippen molar-refractivity contribution in [2.75, 3.05) is 25.0 Å². The molecule has 1 aliphatic rings. The van der Waals surface area contributed by atoms with Gasteiger partial charge in [-0.2, -0.15) is 4.31 Å². The maximum absolute atomic E-state index is 13.1. The highest BCUT2D eigenvalue weighted by molar-refractivity contribution is 7.89. The topological polar surface area (TPSA) is 105 Å². The summed E-state index contributed by atoms with van der Waals surface area (Å²) in [6.45, 7) is 8.72. The summed E-state index contributed by atoms with van der Waals surface area (Å²) in [7, 11) is -3.73. The highest BCUT2D eigenvalue weighted by Gasteiger charge is 2.30. The van der Waals surface area contributed by atoms with E-state index in [9.17, 15) is 18.0 Å². The van der Waals surface area contributed by atoms with Gasteiger partial charge in [-0.1, -0.05) is 0 Å². The van der Waals surface area contributed by atoms with Gasteiger partial charge in [-0.3, -0.25) is 9.59 Å². The molecule has 0 spiro atoms. The number of hydrogen-bond donors (Lipinski definition) is 2. The lowest BCUT2D eigenvalue weighted by atomic mass is 10.1. The van der Waals surface area contributed by atoms with Crippen LogP contribution in [0.2, 0.25) is 0 Å². The Hall–Kier alpha value is -2.91. The zero-order valence-electron chi connectivity index (χ0n) is 19.5. The van der Waals surface area contributed by atoms with Crippen molar-refractivity contribution in [3.63, 3.8) is 0 Å². The van der Waals surface area contributed by atoms with E-state index in [-0.39, 0.29) is 22.1 Å². The molecule has 0 unspecified atom stereocenters. The summed E-state index contributed by atoms with van der Waals surface area (Å²) in [6.07, 6.45) is 1.65. The number of carbonyl (C=O) groups excluding carboxylic acids is 2. The summed E-state index contributed by atoms with van der Waals surface area (Å²) >= 11 is 0. The first kappa shape index (κ1) is 24.7. The predicted molar refractivity (Wildman–Crippen MR) is 127 cm³/mol. The van der Waals surface area contributed by atoms with E-state index in [1.165, 1.54) is 10.4 Å². The zero-order valence-corrected chi connectivity index (χ0v) is 20.3. The predicted octanol–water partition coefficient (Wildman–Crippen LogP) is 3.65. The standard InChI is InChI=1S/C24H31N3O5S/c1-5-32-20-13-12-19(16-21(20)33(30,31)27-14-6-7-15-27)25-22(28)17-8-10-18(11-9-17)23(29)26-24(2,3)4/h8-13,16H,5-7,14-15H2,1-4H3,(H,25,28)(H,26,29). The minimum atomic E-state index is -3.73. The van der Waals surface area contributed by atoms with Crippen LogP contribution in [0.3, 0.4) is 0 Å². The Kier molecular flexibility index (Phi) is 7.44. The van der Waals surface area contributed by atoms with Gasteiger partial charge < -0.3 is 15.4 Å². The molecule has 8 nitrogen and oxygen atoms in total. The molecule has 1 heterocycles. The molecule has 9 heteroatoms. The van der Waals surface area contributed by atoms with E-state index >= 15 is 0 Å². The first-order valence-corrected chi connectivity index (χ1v) is 12.5. The number of hydrogen-bond acceptors (Lipinski definition) is 5. The van der Waals surface area contributed by atoms with Gasteiger partial charge in [0.05, 0.1) is 6.61 Å². The SMILES string of the molecule is CCOc1ccc(NC(=O)c2ccc(C(=O)NC(C)(C)C)cc2)cc1S(=O)(=O)N1CCCC1. The summed E-state index contributed by atoms with van der Waals surface area (Å²) in [5, 5.41) is 5.61. The molecule has 0 radical (unpaired) electrons. The molecule has 0 atom stereocenters. The van der Waals surface area contributed by atoms with Gasteiger partial charge in [-0.15, -0.1) is 0 Å². The molecular formula is C24H31N3O5S. The number of amides is 2. The van der Waals surface area contributed by atoms with Crippen molar-refractivity contribution in [3.05, 3.63) is 53.6 Å². The number of anilines is 1. The smallest absolute Gasteiger partial charge is 0.255 e. The number of carbonyl (C=O) groups is 2. The zero-order chi connectivity index (χ0) is 24.2. The Balaban J connectivity index is 1.80. The van der Waals surface area contributed by atoms with E-state index in [2.05, 4.69) is 10.6 Å². The first-order chi connectivity index (χ1) is 15.5. The average Bonchev–Trinajstić information content (AvgIpc) is 3.30. The van der Waals surface area contributed by atoms with E-state index in [0.29, 0.717) is 36.5 Å². The fourth-order valence-corrected chi connectivity index (χ4v) is 5.19. The molecule has 1 aliphatic heterocycles. The Bertz CT molecular complexity index is 1120. The van der Waals surface area contributed by atoms with Crippen LogP contribution in [-0.2, 0) is 10.0 Å². The Labute approximate surface area is 195 Å². The molecule has 1 saturated heterocycles. The second kappa shape index (κ2) is 9.93. The normalized spacial score (nSPS) is 14.7. The highest BCUT2D eigenvalue weighted by Crippen LogP contribution is 2.31. The van der Waals surface area contributed by atoms with Gasteiger partial charge in [0.1, 0.15) is 10.6 Å². The van der Waals surface area contributed by atoms with Crippen LogP contribution in [0.5, 0.6) is 5.75 Å². The number of benzene rings is 2. The summed E-state index contributed by atoms with van der Waals surface area (Å²) in [4.78, 5) is 25.1. The molecule has 0 aliphatic carbocycles. The molecule has 0 bridgehead atoms. The maximum atomic E-state index is 13.1. The van der Waals surface area contributed by atoms with Gasteiger partial charge in [0.2, 0.25) is 10.0 Å². The summed E-state index contributed by atoms with van der Waals surface area (Å²) in [6, 6.07) is 10.9. The van der Waals surface area contributed by atoms with E-state index in [0.717, 1.165) is 12.8 Å². The van der Waals surface area contributed by atoms with Gasteiger partial charge in [-0.05, 0) is 83.0 Å². The van der Waals surface area contributed by atoms with Gasteiger partial charge in [-0.25, -0.2) is 8.42 Å². The second-order valence-corrected chi connectivity index (χ2v) is 10.8. The largest absolute Gasteiger partial charge is 0.492 e. The van der Waals surface area contributed by atoms with Crippen LogP contribution >= 0.6 is 0 Å². The third kappa shape index (κ3) is 6.11. The van der Waals surface area contributed by atoms with Crippen LogP contribution < -0.4 is 15.4 Å². The van der Waals surface area contributed by atoms with Gasteiger partial charge in [0, 0.05) is 35.4 Å². The van der Waals surface area contributed by atoms with E-state index in [1.54, 1.807) is 43.3 Å². The molecule has 3 rings (SSSR count). The maximum Gasteiger partial charge on any atom is 0.255 e. The quantitative estimate of drug-likeness (QED) is 0.639. The first-order valence-electron chi connectivity index (χ1n) is 11.0. The van der Waals surface area contributed by atoms with Crippen molar-refractivity contribution >= 4 is 27.5 Å². The van der Waals surface area contributed by atoms with Crippen LogP contribution in [0, 0.1) is 0 Å². The Morgan fingerprint density at radius 2 is 1.55 bits per heavy atom. The van der Waals surface area contributed by atoms with Gasteiger partial charge in [0.15, 0.2) is 0 Å². The van der Waals surface area contributed by atoms with E-state index in [1.807, 2.05) is 20.8 Å². The summed E-state index contributed by atoms with van der Waals surface area (Å²) < 4.78 is 33.3. The van der Waals surface area contributed by atoms with Crippen molar-refractivity contribution < 1.29 is 22.7 Å². The van der Waals surface area contributed by atoms with Crippen LogP contribution in [0.15, 0.2) is 47.4 Å². The lowest BCUT2D eigenvalue weighted by Gasteiger charge is -2.20. The van der Waals surface area contributed by atoms with Crippen molar-refractivity contribution in [2.45, 2.75) is 51.0 Å². The van der Waals surface area contributed by atoms with E-state index in [4.69, 9.17) is 4.74 Å². The molecule has 33 heavy (non-hydrogen) atoms. The molecule has 178 valence electrons. The monoisotopic (exact) mass is 473 g/mol. The van der Waals surface area contributed by atoms with Crippen molar-refractivity contribution in [2.24, 2.45) is 0 Å². The molecule has 0 aromatic heterocycles.